The highest BCUT2D eigenvalue weighted by Gasteiger charge is 2.27. The Kier molecular flexibility index (Phi) is 7.47. The number of nitrogens with zero attached hydrogens (tertiary/aromatic N) is 1. The lowest BCUT2D eigenvalue weighted by Gasteiger charge is -2.26. The summed E-state index contributed by atoms with van der Waals surface area (Å²) in [5.74, 6) is 0.0942. The average molecular weight is 463 g/mol. The summed E-state index contributed by atoms with van der Waals surface area (Å²) >= 11 is 1.52. The van der Waals surface area contributed by atoms with Crippen LogP contribution >= 0.6 is 11.8 Å². The number of morpholine rings is 1. The van der Waals surface area contributed by atoms with Crippen molar-refractivity contribution in [3.63, 3.8) is 0 Å². The number of benzene rings is 2. The minimum absolute atomic E-state index is 0.160. The van der Waals surface area contributed by atoms with Crippen molar-refractivity contribution in [2.45, 2.75) is 44.4 Å². The van der Waals surface area contributed by atoms with Crippen molar-refractivity contribution in [1.82, 2.24) is 4.31 Å². The van der Waals surface area contributed by atoms with Crippen LogP contribution in [0.15, 0.2) is 34.1 Å². The first-order valence-corrected chi connectivity index (χ1v) is 12.7. The van der Waals surface area contributed by atoms with Crippen molar-refractivity contribution in [2.24, 2.45) is 0 Å². The number of hydrogen-bond donors (Lipinski definition) is 1. The fourth-order valence-electron chi connectivity index (χ4n) is 3.55. The minimum Gasteiger partial charge on any atom is -0.379 e. The molecule has 0 saturated carbocycles. The Bertz CT molecular complexity index is 1060. The minimum atomic E-state index is -3.62. The number of ether oxygens (including phenoxy) is 1. The van der Waals surface area contributed by atoms with E-state index in [9.17, 15) is 13.2 Å². The van der Waals surface area contributed by atoms with Crippen LogP contribution in [0.25, 0.3) is 0 Å². The highest BCUT2D eigenvalue weighted by molar-refractivity contribution is 8.00. The molecule has 1 heterocycles. The number of amides is 1. The summed E-state index contributed by atoms with van der Waals surface area (Å²) in [7, 11) is -3.62. The van der Waals surface area contributed by atoms with E-state index in [1.807, 2.05) is 6.92 Å². The van der Waals surface area contributed by atoms with E-state index in [-0.39, 0.29) is 16.6 Å². The molecule has 2 aromatic carbocycles. The maximum Gasteiger partial charge on any atom is 0.243 e. The summed E-state index contributed by atoms with van der Waals surface area (Å²) in [6, 6.07) is 7.04. The molecule has 1 aliphatic rings. The molecule has 0 unspecified atom stereocenters. The number of aryl methyl sites for hydroxylation is 3. The lowest BCUT2D eigenvalue weighted by Crippen LogP contribution is -2.40. The van der Waals surface area contributed by atoms with Crippen molar-refractivity contribution < 1.29 is 17.9 Å². The van der Waals surface area contributed by atoms with Gasteiger partial charge in [0.25, 0.3) is 0 Å². The van der Waals surface area contributed by atoms with Gasteiger partial charge in [-0.1, -0.05) is 12.1 Å². The lowest BCUT2D eigenvalue weighted by molar-refractivity contribution is -0.113. The Morgan fingerprint density at radius 1 is 1.00 bits per heavy atom. The predicted molar refractivity (Wildman–Crippen MR) is 126 cm³/mol. The van der Waals surface area contributed by atoms with Gasteiger partial charge in [0.15, 0.2) is 0 Å². The number of rotatable bonds is 6. The topological polar surface area (TPSA) is 75.7 Å². The van der Waals surface area contributed by atoms with E-state index in [4.69, 9.17) is 4.74 Å². The molecule has 1 aliphatic heterocycles. The third-order valence-electron chi connectivity index (χ3n) is 5.74. The molecule has 8 heteroatoms. The van der Waals surface area contributed by atoms with Crippen LogP contribution in [0.1, 0.15) is 27.8 Å². The van der Waals surface area contributed by atoms with Crippen molar-refractivity contribution in [3.8, 4) is 0 Å². The van der Waals surface area contributed by atoms with E-state index in [1.54, 1.807) is 18.2 Å². The molecule has 1 saturated heterocycles. The van der Waals surface area contributed by atoms with Crippen LogP contribution in [0.3, 0.4) is 0 Å². The third-order valence-corrected chi connectivity index (χ3v) is 8.94. The summed E-state index contributed by atoms with van der Waals surface area (Å²) in [6.45, 7) is 11.6. The summed E-state index contributed by atoms with van der Waals surface area (Å²) in [5, 5.41) is 2.90. The molecule has 0 atom stereocenters. The van der Waals surface area contributed by atoms with E-state index in [1.165, 1.54) is 38.3 Å². The van der Waals surface area contributed by atoms with Gasteiger partial charge in [-0.25, -0.2) is 8.42 Å². The second-order valence-electron chi connectivity index (χ2n) is 7.92. The molecule has 1 amide bonds. The number of carbonyl (C=O) groups excluding carboxylic acids is 1. The van der Waals surface area contributed by atoms with Gasteiger partial charge in [0.05, 0.1) is 23.9 Å². The van der Waals surface area contributed by atoms with Gasteiger partial charge in [-0.3, -0.25) is 4.79 Å². The third kappa shape index (κ3) is 5.31. The van der Waals surface area contributed by atoms with Crippen LogP contribution in [-0.2, 0) is 19.6 Å². The monoisotopic (exact) mass is 462 g/mol. The van der Waals surface area contributed by atoms with Gasteiger partial charge >= 0.3 is 0 Å². The van der Waals surface area contributed by atoms with Gasteiger partial charge in [-0.2, -0.15) is 4.31 Å². The zero-order valence-corrected chi connectivity index (χ0v) is 20.4. The first-order chi connectivity index (χ1) is 14.6. The second-order valence-corrected chi connectivity index (χ2v) is 10.8. The number of thioether (sulfide) groups is 1. The average Bonchev–Trinajstić information content (AvgIpc) is 2.74. The molecular weight excluding hydrogens is 432 g/mol. The van der Waals surface area contributed by atoms with Crippen LogP contribution in [0.2, 0.25) is 0 Å². The number of sulfonamides is 1. The smallest absolute Gasteiger partial charge is 0.243 e. The largest absolute Gasteiger partial charge is 0.379 e. The number of carbonyl (C=O) groups is 1. The van der Waals surface area contributed by atoms with Gasteiger partial charge in [-0.15, -0.1) is 11.8 Å². The Balaban J connectivity index is 1.74. The summed E-state index contributed by atoms with van der Waals surface area (Å²) in [6.07, 6.45) is 0. The molecule has 2 aromatic rings. The highest BCUT2D eigenvalue weighted by atomic mass is 32.2. The van der Waals surface area contributed by atoms with Crippen LogP contribution in [-0.4, -0.2) is 50.7 Å². The molecule has 1 fully saturated rings. The number of hydrogen-bond acceptors (Lipinski definition) is 5. The summed E-state index contributed by atoms with van der Waals surface area (Å²) < 4.78 is 32.6. The number of nitrogens with one attached hydrogen (secondary N) is 1. The first kappa shape index (κ1) is 23.8. The maximum atomic E-state index is 12.9. The van der Waals surface area contributed by atoms with Gasteiger partial charge in [-0.05, 0) is 74.6 Å². The van der Waals surface area contributed by atoms with Crippen molar-refractivity contribution >= 4 is 33.4 Å². The van der Waals surface area contributed by atoms with Crippen LogP contribution in [0, 0.1) is 34.6 Å². The zero-order chi connectivity index (χ0) is 22.8. The van der Waals surface area contributed by atoms with E-state index >= 15 is 0 Å². The number of anilines is 1. The molecule has 0 bridgehead atoms. The van der Waals surface area contributed by atoms with E-state index in [0.29, 0.717) is 32.0 Å². The predicted octanol–water partition coefficient (Wildman–Crippen LogP) is 3.98. The first-order valence-electron chi connectivity index (χ1n) is 10.3. The van der Waals surface area contributed by atoms with Crippen LogP contribution < -0.4 is 5.32 Å². The molecular formula is C23H30N2O4S2. The second kappa shape index (κ2) is 9.73. The van der Waals surface area contributed by atoms with Crippen LogP contribution in [0.5, 0.6) is 0 Å². The van der Waals surface area contributed by atoms with Crippen molar-refractivity contribution in [3.05, 3.63) is 52.1 Å². The van der Waals surface area contributed by atoms with Crippen molar-refractivity contribution in [2.75, 3.05) is 37.4 Å². The summed E-state index contributed by atoms with van der Waals surface area (Å²) in [4.78, 5) is 14.0. The Morgan fingerprint density at radius 2 is 1.61 bits per heavy atom. The lowest BCUT2D eigenvalue weighted by atomic mass is 10.0. The molecule has 3 rings (SSSR count). The molecule has 168 valence electrons. The summed E-state index contributed by atoms with van der Waals surface area (Å²) in [5.41, 5.74) is 6.14. The SMILES string of the molecule is Cc1ccc(S(=O)(=O)N2CCOCC2)cc1NC(=O)CSc1c(C)c(C)cc(C)c1C. The van der Waals surface area contributed by atoms with Crippen LogP contribution in [0.4, 0.5) is 5.69 Å². The van der Waals surface area contributed by atoms with Gasteiger partial charge in [0, 0.05) is 23.7 Å². The molecule has 1 N–H and O–H groups in total. The zero-order valence-electron chi connectivity index (χ0n) is 18.7. The van der Waals surface area contributed by atoms with E-state index in [0.717, 1.165) is 10.5 Å². The van der Waals surface area contributed by atoms with Gasteiger partial charge in [0.2, 0.25) is 15.9 Å². The Labute approximate surface area is 189 Å². The standard InChI is InChI=1S/C23H30N2O4S2/c1-15-6-7-20(31(27,28)25-8-10-29-11-9-25)13-21(15)24-22(26)14-30-23-18(4)16(2)12-17(3)19(23)5/h6-7,12-13H,8-11,14H2,1-5H3,(H,24,26). The molecule has 0 aliphatic carbocycles. The van der Waals surface area contributed by atoms with E-state index in [2.05, 4.69) is 39.1 Å². The Hall–Kier alpha value is -1.87. The fraction of sp³-hybridized carbons (Fsp3) is 0.435. The normalized spacial score (nSPS) is 15.1. The molecule has 0 radical (unpaired) electrons. The van der Waals surface area contributed by atoms with Crippen molar-refractivity contribution in [1.29, 1.82) is 0 Å². The maximum absolute atomic E-state index is 12.9. The fourth-order valence-corrected chi connectivity index (χ4v) is 6.09. The molecule has 0 aromatic heterocycles. The highest BCUT2D eigenvalue weighted by Crippen LogP contribution is 2.31. The quantitative estimate of drug-likeness (QED) is 0.657. The molecule has 0 spiro atoms. The molecule has 31 heavy (non-hydrogen) atoms. The molecule has 6 nitrogen and oxygen atoms in total. The Morgan fingerprint density at radius 3 is 2.23 bits per heavy atom. The van der Waals surface area contributed by atoms with Gasteiger partial charge < -0.3 is 10.1 Å². The van der Waals surface area contributed by atoms with Gasteiger partial charge in [0.1, 0.15) is 0 Å². The van der Waals surface area contributed by atoms with E-state index < -0.39 is 10.0 Å².